The average Bonchev–Trinajstić information content (AvgIpc) is 2.34. The number of aromatic hydroxyl groups is 1. The summed E-state index contributed by atoms with van der Waals surface area (Å²) >= 11 is 0. The molecular weight excluding hydrogens is 144 g/mol. The van der Waals surface area contributed by atoms with Gasteiger partial charge in [-0.1, -0.05) is 0 Å². The third-order valence-corrected chi connectivity index (χ3v) is 1.37. The molecule has 0 aliphatic carbocycles. The van der Waals surface area contributed by atoms with Crippen molar-refractivity contribution in [3.05, 3.63) is 12.2 Å². The predicted molar refractivity (Wildman–Crippen MR) is 38.1 cm³/mol. The lowest BCUT2D eigenvalue weighted by molar-refractivity contribution is 0.456. The van der Waals surface area contributed by atoms with Gasteiger partial charge in [-0.2, -0.15) is 4.98 Å². The van der Waals surface area contributed by atoms with E-state index >= 15 is 0 Å². The first kappa shape index (κ1) is 6.09. The molecule has 2 aromatic rings. The SMILES string of the molecule is Cc1nc(O)c2nc[nH]c2n1. The van der Waals surface area contributed by atoms with Gasteiger partial charge in [-0.25, -0.2) is 9.97 Å². The Morgan fingerprint density at radius 3 is 3.09 bits per heavy atom. The van der Waals surface area contributed by atoms with E-state index in [1.807, 2.05) is 0 Å². The van der Waals surface area contributed by atoms with Crippen molar-refractivity contribution < 1.29 is 5.11 Å². The Labute approximate surface area is 62.1 Å². The summed E-state index contributed by atoms with van der Waals surface area (Å²) in [7, 11) is 0. The molecule has 0 saturated heterocycles. The zero-order valence-electron chi connectivity index (χ0n) is 5.87. The zero-order chi connectivity index (χ0) is 7.84. The summed E-state index contributed by atoms with van der Waals surface area (Å²) in [5.41, 5.74) is 0.977. The second-order valence-electron chi connectivity index (χ2n) is 2.19. The van der Waals surface area contributed by atoms with Crippen LogP contribution in [0.3, 0.4) is 0 Å². The lowest BCUT2D eigenvalue weighted by Gasteiger charge is -1.92. The molecule has 0 aliphatic heterocycles. The maximum atomic E-state index is 9.21. The highest BCUT2D eigenvalue weighted by Gasteiger charge is 2.04. The fourth-order valence-corrected chi connectivity index (χ4v) is 0.929. The van der Waals surface area contributed by atoms with Crippen LogP contribution in [0.15, 0.2) is 6.33 Å². The van der Waals surface area contributed by atoms with Gasteiger partial charge in [0.25, 0.3) is 0 Å². The van der Waals surface area contributed by atoms with Gasteiger partial charge in [0.1, 0.15) is 5.82 Å². The van der Waals surface area contributed by atoms with Crippen molar-refractivity contribution in [2.75, 3.05) is 0 Å². The minimum Gasteiger partial charge on any atom is -0.492 e. The second kappa shape index (κ2) is 1.91. The number of aryl methyl sites for hydroxylation is 1. The van der Waals surface area contributed by atoms with Crippen molar-refractivity contribution in [1.82, 2.24) is 19.9 Å². The smallest absolute Gasteiger partial charge is 0.243 e. The second-order valence-corrected chi connectivity index (χ2v) is 2.19. The molecule has 0 aliphatic rings. The van der Waals surface area contributed by atoms with Gasteiger partial charge < -0.3 is 10.1 Å². The van der Waals surface area contributed by atoms with Crippen LogP contribution in [0.25, 0.3) is 11.2 Å². The van der Waals surface area contributed by atoms with E-state index in [0.29, 0.717) is 17.0 Å². The van der Waals surface area contributed by atoms with Crippen LogP contribution in [0.5, 0.6) is 5.88 Å². The molecule has 5 nitrogen and oxygen atoms in total. The predicted octanol–water partition coefficient (Wildman–Crippen LogP) is 0.367. The van der Waals surface area contributed by atoms with E-state index in [4.69, 9.17) is 0 Å². The third kappa shape index (κ3) is 0.813. The largest absolute Gasteiger partial charge is 0.492 e. The van der Waals surface area contributed by atoms with E-state index in [1.54, 1.807) is 6.92 Å². The quantitative estimate of drug-likeness (QED) is 0.568. The van der Waals surface area contributed by atoms with Crippen LogP contribution in [-0.2, 0) is 0 Å². The first-order chi connectivity index (χ1) is 5.27. The molecule has 0 atom stereocenters. The molecular formula is C6H6N4O. The highest BCUT2D eigenvalue weighted by molar-refractivity contribution is 5.74. The van der Waals surface area contributed by atoms with Crippen LogP contribution in [0, 0.1) is 6.92 Å². The summed E-state index contributed by atoms with van der Waals surface area (Å²) in [6, 6.07) is 0. The van der Waals surface area contributed by atoms with E-state index in [2.05, 4.69) is 19.9 Å². The van der Waals surface area contributed by atoms with Crippen molar-refractivity contribution in [3.8, 4) is 5.88 Å². The summed E-state index contributed by atoms with van der Waals surface area (Å²) in [6.07, 6.45) is 1.47. The van der Waals surface area contributed by atoms with Crippen LogP contribution < -0.4 is 0 Å². The van der Waals surface area contributed by atoms with Gasteiger partial charge in [0.05, 0.1) is 6.33 Å². The molecule has 11 heavy (non-hydrogen) atoms. The monoisotopic (exact) mass is 150 g/mol. The molecule has 0 saturated carbocycles. The van der Waals surface area contributed by atoms with Crippen molar-refractivity contribution in [2.45, 2.75) is 6.92 Å². The molecule has 2 rings (SSSR count). The fraction of sp³-hybridized carbons (Fsp3) is 0.167. The lowest BCUT2D eigenvalue weighted by atomic mass is 10.5. The van der Waals surface area contributed by atoms with Gasteiger partial charge in [-0.05, 0) is 6.92 Å². The van der Waals surface area contributed by atoms with E-state index < -0.39 is 0 Å². The highest BCUT2D eigenvalue weighted by atomic mass is 16.3. The molecule has 2 N–H and O–H groups in total. The van der Waals surface area contributed by atoms with Crippen molar-refractivity contribution in [1.29, 1.82) is 0 Å². The molecule has 0 bridgehead atoms. The molecule has 2 heterocycles. The summed E-state index contributed by atoms with van der Waals surface area (Å²) in [5, 5.41) is 9.21. The van der Waals surface area contributed by atoms with Crippen molar-refractivity contribution in [2.24, 2.45) is 0 Å². The van der Waals surface area contributed by atoms with Crippen LogP contribution in [-0.4, -0.2) is 25.0 Å². The van der Waals surface area contributed by atoms with E-state index in [-0.39, 0.29) is 5.88 Å². The number of H-pyrrole nitrogens is 1. The first-order valence-corrected chi connectivity index (χ1v) is 3.14. The number of rotatable bonds is 0. The number of fused-ring (bicyclic) bond motifs is 1. The number of aromatic amines is 1. The average molecular weight is 150 g/mol. The minimum absolute atomic E-state index is 0.0752. The number of imidazole rings is 1. The molecule has 0 spiro atoms. The Hall–Kier alpha value is -1.65. The van der Waals surface area contributed by atoms with E-state index in [9.17, 15) is 5.11 Å². The maximum Gasteiger partial charge on any atom is 0.243 e. The third-order valence-electron chi connectivity index (χ3n) is 1.37. The van der Waals surface area contributed by atoms with Gasteiger partial charge in [-0.15, -0.1) is 0 Å². The van der Waals surface area contributed by atoms with Gasteiger partial charge in [0.15, 0.2) is 11.2 Å². The number of nitrogens with zero attached hydrogens (tertiary/aromatic N) is 3. The molecule has 0 unspecified atom stereocenters. The number of aromatic nitrogens is 4. The lowest BCUT2D eigenvalue weighted by Crippen LogP contribution is -1.88. The topological polar surface area (TPSA) is 74.7 Å². The molecule has 5 heteroatoms. The number of hydrogen-bond acceptors (Lipinski definition) is 4. The molecule has 0 aromatic carbocycles. The summed E-state index contributed by atoms with van der Waals surface area (Å²) < 4.78 is 0. The molecule has 2 aromatic heterocycles. The molecule has 56 valence electrons. The Kier molecular flexibility index (Phi) is 1.06. The first-order valence-electron chi connectivity index (χ1n) is 3.14. The number of nitrogens with one attached hydrogen (secondary N) is 1. The van der Waals surface area contributed by atoms with Crippen LogP contribution in [0.4, 0.5) is 0 Å². The molecule has 0 amide bonds. The summed E-state index contributed by atoms with van der Waals surface area (Å²) in [5.74, 6) is 0.452. The van der Waals surface area contributed by atoms with Gasteiger partial charge >= 0.3 is 0 Å². The molecule has 0 radical (unpaired) electrons. The molecule has 0 fully saturated rings. The fourth-order valence-electron chi connectivity index (χ4n) is 0.929. The van der Waals surface area contributed by atoms with Crippen LogP contribution >= 0.6 is 0 Å². The standard InChI is InChI=1S/C6H6N4O/c1-3-9-5-4(6(11)10-3)7-2-8-5/h2H,1H3,(H2,7,8,9,10,11). The Morgan fingerprint density at radius 1 is 1.45 bits per heavy atom. The van der Waals surface area contributed by atoms with Gasteiger partial charge in [-0.3, -0.25) is 0 Å². The normalized spacial score (nSPS) is 10.6. The van der Waals surface area contributed by atoms with Crippen molar-refractivity contribution in [3.63, 3.8) is 0 Å². The number of hydrogen-bond donors (Lipinski definition) is 2. The summed E-state index contributed by atoms with van der Waals surface area (Å²) in [4.78, 5) is 14.4. The van der Waals surface area contributed by atoms with Crippen LogP contribution in [0.2, 0.25) is 0 Å². The minimum atomic E-state index is -0.0752. The Bertz CT molecular complexity index is 394. The van der Waals surface area contributed by atoms with E-state index in [0.717, 1.165) is 0 Å². The van der Waals surface area contributed by atoms with Gasteiger partial charge in [0, 0.05) is 0 Å². The van der Waals surface area contributed by atoms with Crippen LogP contribution in [0.1, 0.15) is 5.82 Å². The maximum absolute atomic E-state index is 9.21. The summed E-state index contributed by atoms with van der Waals surface area (Å²) in [6.45, 7) is 1.71. The van der Waals surface area contributed by atoms with E-state index in [1.165, 1.54) is 6.33 Å². The zero-order valence-corrected chi connectivity index (χ0v) is 5.87. The van der Waals surface area contributed by atoms with Gasteiger partial charge in [0.2, 0.25) is 5.88 Å². The Morgan fingerprint density at radius 2 is 2.27 bits per heavy atom. The van der Waals surface area contributed by atoms with Crippen molar-refractivity contribution >= 4 is 11.2 Å². The Balaban J connectivity index is 2.91. The highest BCUT2D eigenvalue weighted by Crippen LogP contribution is 2.15.